The second-order valence-electron chi connectivity index (χ2n) is 3.35. The molecule has 1 aliphatic rings. The molecule has 2 nitrogen and oxygen atoms in total. The van der Waals surface area contributed by atoms with Gasteiger partial charge in [0.1, 0.15) is 12.9 Å². The highest BCUT2D eigenvalue weighted by Gasteiger charge is 2.16. The molecular weight excluding hydrogens is 256 g/mol. The fraction of sp³-hybridized carbons (Fsp3) is 0.417. The molecule has 0 N–H and O–H groups in total. The van der Waals surface area contributed by atoms with Crippen molar-refractivity contribution in [3.05, 3.63) is 34.8 Å². The lowest BCUT2D eigenvalue weighted by Crippen LogP contribution is -2.22. The van der Waals surface area contributed by atoms with Crippen LogP contribution in [-0.2, 0) is 9.53 Å². The predicted molar refractivity (Wildman–Crippen MR) is 63.8 cm³/mol. The van der Waals surface area contributed by atoms with Gasteiger partial charge >= 0.3 is 0 Å². The summed E-state index contributed by atoms with van der Waals surface area (Å²) in [5, 5.41) is 0. The average molecular weight is 271 g/mol. The summed E-state index contributed by atoms with van der Waals surface area (Å²) in [5.41, 5.74) is 0. The van der Waals surface area contributed by atoms with Crippen molar-refractivity contribution in [3.63, 3.8) is 0 Å². The molecule has 1 aliphatic carbocycles. The third kappa shape index (κ3) is 5.70. The normalized spacial score (nSPS) is 14.7. The number of aldehydes is 1. The maximum absolute atomic E-state index is 9.72. The highest BCUT2D eigenvalue weighted by molar-refractivity contribution is 9.10. The van der Waals surface area contributed by atoms with Gasteiger partial charge in [0, 0.05) is 4.47 Å². The molecule has 1 fully saturated rings. The maximum Gasteiger partial charge on any atom is 0.145 e. The van der Waals surface area contributed by atoms with Crippen LogP contribution in [0, 0.1) is 0 Å². The zero-order valence-electron chi connectivity index (χ0n) is 8.56. The van der Waals surface area contributed by atoms with Crippen molar-refractivity contribution in [3.8, 4) is 0 Å². The smallest absolute Gasteiger partial charge is 0.145 e. The van der Waals surface area contributed by atoms with Crippen molar-refractivity contribution < 1.29 is 9.53 Å². The van der Waals surface area contributed by atoms with E-state index in [0.29, 0.717) is 6.10 Å². The van der Waals surface area contributed by atoms with Crippen LogP contribution >= 0.6 is 15.9 Å². The van der Waals surface area contributed by atoms with Crippen LogP contribution in [0.15, 0.2) is 34.8 Å². The Bertz CT molecular complexity index is 270. The Hall–Kier alpha value is -0.670. The molecule has 0 radical (unpaired) electrons. The first-order valence-electron chi connectivity index (χ1n) is 5.08. The van der Waals surface area contributed by atoms with Gasteiger partial charge in [0.05, 0.1) is 6.10 Å². The SMILES string of the molecule is Brc1ccccc1.O=CCOC1CCC1. The van der Waals surface area contributed by atoms with E-state index in [1.54, 1.807) is 0 Å². The second kappa shape index (κ2) is 7.60. The molecule has 3 heteroatoms. The van der Waals surface area contributed by atoms with Gasteiger partial charge in [-0.2, -0.15) is 0 Å². The summed E-state index contributed by atoms with van der Waals surface area (Å²) in [6, 6.07) is 9.97. The Balaban J connectivity index is 0.000000151. The van der Waals surface area contributed by atoms with Gasteiger partial charge in [0.25, 0.3) is 0 Å². The third-order valence-electron chi connectivity index (χ3n) is 2.19. The first-order valence-corrected chi connectivity index (χ1v) is 5.88. The number of benzene rings is 1. The van der Waals surface area contributed by atoms with Crippen LogP contribution < -0.4 is 0 Å². The Morgan fingerprint density at radius 2 is 2.00 bits per heavy atom. The summed E-state index contributed by atoms with van der Waals surface area (Å²) < 4.78 is 6.19. The summed E-state index contributed by atoms with van der Waals surface area (Å²) in [6.45, 7) is 0.282. The van der Waals surface area contributed by atoms with E-state index >= 15 is 0 Å². The van der Waals surface area contributed by atoms with Gasteiger partial charge in [-0.05, 0) is 31.4 Å². The summed E-state index contributed by atoms with van der Waals surface area (Å²) in [7, 11) is 0. The van der Waals surface area contributed by atoms with Gasteiger partial charge in [-0.1, -0.05) is 34.1 Å². The van der Waals surface area contributed by atoms with Crippen molar-refractivity contribution in [2.75, 3.05) is 6.61 Å². The number of hydrogen-bond donors (Lipinski definition) is 0. The van der Waals surface area contributed by atoms with Crippen LogP contribution in [0.5, 0.6) is 0 Å². The number of carbonyl (C=O) groups is 1. The minimum absolute atomic E-state index is 0.282. The van der Waals surface area contributed by atoms with Crippen molar-refractivity contribution in [1.82, 2.24) is 0 Å². The van der Waals surface area contributed by atoms with Crippen LogP contribution in [0.2, 0.25) is 0 Å². The third-order valence-corrected chi connectivity index (χ3v) is 2.71. The van der Waals surface area contributed by atoms with E-state index in [-0.39, 0.29) is 6.61 Å². The van der Waals surface area contributed by atoms with E-state index in [1.807, 2.05) is 30.3 Å². The summed E-state index contributed by atoms with van der Waals surface area (Å²) in [5.74, 6) is 0. The van der Waals surface area contributed by atoms with E-state index in [1.165, 1.54) is 6.42 Å². The minimum Gasteiger partial charge on any atom is -0.371 e. The average Bonchev–Trinajstić information content (AvgIpc) is 2.18. The molecule has 2 rings (SSSR count). The highest BCUT2D eigenvalue weighted by Crippen LogP contribution is 2.21. The standard InChI is InChI=1S/C6H5Br.C6H10O2/c7-6-4-2-1-3-5-6;7-4-5-8-6-2-1-3-6/h1-5H;4,6H,1-3,5H2. The fourth-order valence-electron chi connectivity index (χ4n) is 1.13. The molecule has 0 unspecified atom stereocenters. The number of rotatable bonds is 3. The van der Waals surface area contributed by atoms with Crippen LogP contribution in [0.1, 0.15) is 19.3 Å². The lowest BCUT2D eigenvalue weighted by Gasteiger charge is -2.24. The zero-order chi connectivity index (χ0) is 10.9. The molecule has 0 atom stereocenters. The van der Waals surface area contributed by atoms with Gasteiger partial charge < -0.3 is 9.53 Å². The van der Waals surface area contributed by atoms with Crippen LogP contribution in [0.3, 0.4) is 0 Å². The molecule has 0 heterocycles. The van der Waals surface area contributed by atoms with Gasteiger partial charge in [-0.25, -0.2) is 0 Å². The van der Waals surface area contributed by atoms with Crippen molar-refractivity contribution in [2.24, 2.45) is 0 Å². The molecule has 15 heavy (non-hydrogen) atoms. The number of halogens is 1. The minimum atomic E-state index is 0.282. The van der Waals surface area contributed by atoms with Gasteiger partial charge in [0.15, 0.2) is 0 Å². The summed E-state index contributed by atoms with van der Waals surface area (Å²) in [6.07, 6.45) is 4.77. The molecule has 0 bridgehead atoms. The van der Waals surface area contributed by atoms with E-state index in [9.17, 15) is 4.79 Å². The quantitative estimate of drug-likeness (QED) is 0.789. The second-order valence-corrected chi connectivity index (χ2v) is 4.26. The molecule has 0 spiro atoms. The maximum atomic E-state index is 9.72. The Labute approximate surface area is 98.8 Å². The first-order chi connectivity index (χ1) is 7.33. The molecule has 0 aromatic heterocycles. The van der Waals surface area contributed by atoms with Crippen LogP contribution in [0.4, 0.5) is 0 Å². The Morgan fingerprint density at radius 3 is 2.33 bits per heavy atom. The van der Waals surface area contributed by atoms with Crippen molar-refractivity contribution >= 4 is 22.2 Å². The summed E-state index contributed by atoms with van der Waals surface area (Å²) in [4.78, 5) is 9.72. The molecule has 0 aliphatic heterocycles. The lowest BCUT2D eigenvalue weighted by atomic mass is 9.96. The summed E-state index contributed by atoms with van der Waals surface area (Å²) >= 11 is 3.31. The Morgan fingerprint density at radius 1 is 1.33 bits per heavy atom. The van der Waals surface area contributed by atoms with E-state index in [2.05, 4.69) is 15.9 Å². The fourth-order valence-corrected chi connectivity index (χ4v) is 1.43. The molecular formula is C12H15BrO2. The van der Waals surface area contributed by atoms with E-state index in [0.717, 1.165) is 23.6 Å². The van der Waals surface area contributed by atoms with Crippen molar-refractivity contribution in [2.45, 2.75) is 25.4 Å². The van der Waals surface area contributed by atoms with Crippen LogP contribution in [-0.4, -0.2) is 19.0 Å². The molecule has 0 amide bonds. The Kier molecular flexibility index (Phi) is 6.28. The van der Waals surface area contributed by atoms with Crippen molar-refractivity contribution in [1.29, 1.82) is 0 Å². The number of carbonyl (C=O) groups excluding carboxylic acids is 1. The van der Waals surface area contributed by atoms with Gasteiger partial charge in [0.2, 0.25) is 0 Å². The monoisotopic (exact) mass is 270 g/mol. The largest absolute Gasteiger partial charge is 0.371 e. The highest BCUT2D eigenvalue weighted by atomic mass is 79.9. The number of hydrogen-bond acceptors (Lipinski definition) is 2. The van der Waals surface area contributed by atoms with Gasteiger partial charge in [-0.3, -0.25) is 0 Å². The van der Waals surface area contributed by atoms with Gasteiger partial charge in [-0.15, -0.1) is 0 Å². The zero-order valence-corrected chi connectivity index (χ0v) is 10.2. The lowest BCUT2D eigenvalue weighted by molar-refractivity contribution is -0.115. The predicted octanol–water partition coefficient (Wildman–Crippen LogP) is 3.20. The molecule has 82 valence electrons. The molecule has 1 aromatic rings. The molecule has 0 saturated heterocycles. The molecule has 1 aromatic carbocycles. The number of ether oxygens (including phenoxy) is 1. The topological polar surface area (TPSA) is 26.3 Å². The van der Waals surface area contributed by atoms with E-state index in [4.69, 9.17) is 4.74 Å². The molecule has 1 saturated carbocycles. The first kappa shape index (κ1) is 12.4. The van der Waals surface area contributed by atoms with Crippen LogP contribution in [0.25, 0.3) is 0 Å². The van der Waals surface area contributed by atoms with E-state index < -0.39 is 0 Å².